The number of rotatable bonds is 6. The van der Waals surface area contributed by atoms with Gasteiger partial charge in [0, 0.05) is 6.04 Å². The Bertz CT molecular complexity index is 477. The van der Waals surface area contributed by atoms with Crippen molar-refractivity contribution in [1.29, 1.82) is 0 Å². The molecule has 1 aromatic carbocycles. The first-order valence-electron chi connectivity index (χ1n) is 6.73. The van der Waals surface area contributed by atoms with Gasteiger partial charge in [0.1, 0.15) is 0 Å². The smallest absolute Gasteiger partial charge is 0.340 e. The molecule has 1 aromatic rings. The van der Waals surface area contributed by atoms with Gasteiger partial charge in [-0.3, -0.25) is 0 Å². The molecule has 2 unspecified atom stereocenters. The molecular formula is C15H21F2NO2. The highest BCUT2D eigenvalue weighted by molar-refractivity contribution is 5.90. The number of benzene rings is 1. The molecule has 3 nitrogen and oxygen atoms in total. The number of esters is 1. The molecule has 0 aliphatic rings. The van der Waals surface area contributed by atoms with Gasteiger partial charge in [0.15, 0.2) is 11.6 Å². The van der Waals surface area contributed by atoms with Crippen LogP contribution in [0.25, 0.3) is 0 Å². The summed E-state index contributed by atoms with van der Waals surface area (Å²) in [6.45, 7) is 6.11. The summed E-state index contributed by atoms with van der Waals surface area (Å²) in [5.74, 6) is -2.62. The number of ether oxygens (including phenoxy) is 1. The number of carbonyl (C=O) groups is 1. The molecule has 20 heavy (non-hydrogen) atoms. The summed E-state index contributed by atoms with van der Waals surface area (Å²) >= 11 is 0. The molecule has 0 saturated carbocycles. The number of nitrogens with one attached hydrogen (secondary N) is 1. The lowest BCUT2D eigenvalue weighted by atomic mass is 10.00. The molecule has 0 bridgehead atoms. The van der Waals surface area contributed by atoms with E-state index in [2.05, 4.69) is 23.9 Å². The number of hydrogen-bond donors (Lipinski definition) is 1. The fourth-order valence-electron chi connectivity index (χ4n) is 2.02. The second-order valence-electron chi connectivity index (χ2n) is 5.07. The SMILES string of the molecule is CCC(C)CC(C)Nc1ccc(C(=O)OC)c(F)c1F. The van der Waals surface area contributed by atoms with Gasteiger partial charge < -0.3 is 10.1 Å². The lowest BCUT2D eigenvalue weighted by Gasteiger charge is -2.19. The summed E-state index contributed by atoms with van der Waals surface area (Å²) in [5, 5.41) is 2.93. The van der Waals surface area contributed by atoms with Crippen molar-refractivity contribution in [2.45, 2.75) is 39.7 Å². The van der Waals surface area contributed by atoms with Crippen LogP contribution in [-0.2, 0) is 4.74 Å². The Labute approximate surface area is 118 Å². The van der Waals surface area contributed by atoms with Crippen LogP contribution < -0.4 is 5.32 Å². The molecule has 5 heteroatoms. The molecule has 0 radical (unpaired) electrons. The van der Waals surface area contributed by atoms with Crippen molar-refractivity contribution in [1.82, 2.24) is 0 Å². The molecule has 1 rings (SSSR count). The Balaban J connectivity index is 2.88. The molecule has 0 saturated heterocycles. The van der Waals surface area contributed by atoms with Gasteiger partial charge in [-0.2, -0.15) is 0 Å². The van der Waals surface area contributed by atoms with E-state index in [1.165, 1.54) is 12.1 Å². The fourth-order valence-corrected chi connectivity index (χ4v) is 2.02. The van der Waals surface area contributed by atoms with Crippen LogP contribution in [0.2, 0.25) is 0 Å². The molecule has 0 amide bonds. The number of methoxy groups -OCH3 is 1. The van der Waals surface area contributed by atoms with Crippen molar-refractivity contribution in [3.05, 3.63) is 29.3 Å². The first-order chi connectivity index (χ1) is 9.40. The fraction of sp³-hybridized carbons (Fsp3) is 0.533. The molecule has 0 fully saturated rings. The van der Waals surface area contributed by atoms with Crippen LogP contribution in [0.5, 0.6) is 0 Å². The van der Waals surface area contributed by atoms with Gasteiger partial charge in [-0.05, 0) is 31.4 Å². The molecular weight excluding hydrogens is 264 g/mol. The highest BCUT2D eigenvalue weighted by Crippen LogP contribution is 2.23. The first-order valence-corrected chi connectivity index (χ1v) is 6.73. The summed E-state index contributed by atoms with van der Waals surface area (Å²) in [6, 6.07) is 2.60. The molecule has 1 N–H and O–H groups in total. The lowest BCUT2D eigenvalue weighted by Crippen LogP contribution is -2.20. The monoisotopic (exact) mass is 285 g/mol. The van der Waals surface area contributed by atoms with E-state index in [-0.39, 0.29) is 11.7 Å². The van der Waals surface area contributed by atoms with Crippen molar-refractivity contribution in [2.24, 2.45) is 5.92 Å². The summed E-state index contributed by atoms with van der Waals surface area (Å²) in [7, 11) is 1.13. The van der Waals surface area contributed by atoms with Gasteiger partial charge in [0.05, 0.1) is 18.4 Å². The topological polar surface area (TPSA) is 38.3 Å². The van der Waals surface area contributed by atoms with Crippen molar-refractivity contribution in [2.75, 3.05) is 12.4 Å². The summed E-state index contributed by atoms with van der Waals surface area (Å²) in [5.41, 5.74) is -0.337. The van der Waals surface area contributed by atoms with Crippen LogP contribution in [0.15, 0.2) is 12.1 Å². The average molecular weight is 285 g/mol. The van der Waals surface area contributed by atoms with Crippen molar-refractivity contribution >= 4 is 11.7 Å². The maximum absolute atomic E-state index is 13.9. The highest BCUT2D eigenvalue weighted by Gasteiger charge is 2.20. The minimum Gasteiger partial charge on any atom is -0.465 e. The molecule has 112 valence electrons. The second-order valence-corrected chi connectivity index (χ2v) is 5.07. The second kappa shape index (κ2) is 7.22. The Kier molecular flexibility index (Phi) is 5.92. The number of carbonyl (C=O) groups excluding carboxylic acids is 1. The minimum absolute atomic E-state index is 0.0165. The maximum atomic E-state index is 13.9. The van der Waals surface area contributed by atoms with Gasteiger partial charge in [0.2, 0.25) is 0 Å². The van der Waals surface area contributed by atoms with Gasteiger partial charge in [-0.1, -0.05) is 20.3 Å². The predicted molar refractivity (Wildman–Crippen MR) is 74.9 cm³/mol. The summed E-state index contributed by atoms with van der Waals surface area (Å²) in [4.78, 5) is 11.3. The lowest BCUT2D eigenvalue weighted by molar-refractivity contribution is 0.0594. The Morgan fingerprint density at radius 2 is 1.95 bits per heavy atom. The third-order valence-corrected chi connectivity index (χ3v) is 3.34. The zero-order valence-electron chi connectivity index (χ0n) is 12.3. The number of hydrogen-bond acceptors (Lipinski definition) is 3. The van der Waals surface area contributed by atoms with E-state index < -0.39 is 23.2 Å². The summed E-state index contributed by atoms with van der Waals surface area (Å²) < 4.78 is 32.1. The molecule has 0 heterocycles. The van der Waals surface area contributed by atoms with E-state index >= 15 is 0 Å². The normalized spacial score (nSPS) is 13.7. The molecule has 0 aliphatic heterocycles. The van der Waals surface area contributed by atoms with Crippen molar-refractivity contribution in [3.63, 3.8) is 0 Å². The maximum Gasteiger partial charge on any atom is 0.340 e. The van der Waals surface area contributed by atoms with Gasteiger partial charge in [0.25, 0.3) is 0 Å². The van der Waals surface area contributed by atoms with Gasteiger partial charge in [-0.25, -0.2) is 13.6 Å². The summed E-state index contributed by atoms with van der Waals surface area (Å²) in [6.07, 6.45) is 1.89. The standard InChI is InChI=1S/C15H21F2NO2/c1-5-9(2)8-10(3)18-12-7-6-11(15(19)20-4)13(16)14(12)17/h6-7,9-10,18H,5,8H2,1-4H3. The Morgan fingerprint density at radius 1 is 1.30 bits per heavy atom. The zero-order chi connectivity index (χ0) is 15.3. The zero-order valence-corrected chi connectivity index (χ0v) is 12.3. The highest BCUT2D eigenvalue weighted by atomic mass is 19.2. The van der Waals surface area contributed by atoms with E-state index in [0.717, 1.165) is 20.0 Å². The minimum atomic E-state index is -1.18. The predicted octanol–water partition coefficient (Wildman–Crippen LogP) is 3.99. The average Bonchev–Trinajstić information content (AvgIpc) is 2.43. The molecule has 0 spiro atoms. The van der Waals surface area contributed by atoms with E-state index in [1.54, 1.807) is 0 Å². The molecule has 0 aliphatic carbocycles. The van der Waals surface area contributed by atoms with E-state index in [4.69, 9.17) is 0 Å². The number of anilines is 1. The quantitative estimate of drug-likeness (QED) is 0.803. The van der Waals surface area contributed by atoms with E-state index in [9.17, 15) is 13.6 Å². The third-order valence-electron chi connectivity index (χ3n) is 3.34. The van der Waals surface area contributed by atoms with Crippen LogP contribution in [0.3, 0.4) is 0 Å². The molecule has 2 atom stereocenters. The van der Waals surface area contributed by atoms with Crippen LogP contribution in [-0.4, -0.2) is 19.1 Å². The van der Waals surface area contributed by atoms with Crippen LogP contribution >= 0.6 is 0 Å². The van der Waals surface area contributed by atoms with Crippen LogP contribution in [0.1, 0.15) is 44.0 Å². The van der Waals surface area contributed by atoms with E-state index in [0.29, 0.717) is 5.92 Å². The Morgan fingerprint density at radius 3 is 2.50 bits per heavy atom. The Hall–Kier alpha value is -1.65. The molecule has 0 aromatic heterocycles. The van der Waals surface area contributed by atoms with Crippen LogP contribution in [0.4, 0.5) is 14.5 Å². The van der Waals surface area contributed by atoms with Gasteiger partial charge >= 0.3 is 5.97 Å². The van der Waals surface area contributed by atoms with E-state index in [1.807, 2.05) is 6.92 Å². The third kappa shape index (κ3) is 3.92. The first kappa shape index (κ1) is 16.4. The van der Waals surface area contributed by atoms with Crippen LogP contribution in [0, 0.1) is 17.6 Å². The van der Waals surface area contributed by atoms with Gasteiger partial charge in [-0.15, -0.1) is 0 Å². The van der Waals surface area contributed by atoms with Crippen molar-refractivity contribution in [3.8, 4) is 0 Å². The largest absolute Gasteiger partial charge is 0.465 e. The van der Waals surface area contributed by atoms with Crippen molar-refractivity contribution < 1.29 is 18.3 Å². The number of halogens is 2.